The second kappa shape index (κ2) is 6.24. The third-order valence-electron chi connectivity index (χ3n) is 4.31. The summed E-state index contributed by atoms with van der Waals surface area (Å²) >= 11 is 0. The van der Waals surface area contributed by atoms with E-state index in [2.05, 4.69) is 43.0 Å². The topological polar surface area (TPSA) is 29.3 Å². The van der Waals surface area contributed by atoms with Gasteiger partial charge in [0.2, 0.25) is 0 Å². The molecule has 2 heteroatoms. The molecule has 1 aliphatic heterocycles. The quantitative estimate of drug-likeness (QED) is 0.877. The SMILES string of the molecule is CCC1CCN(c2ccccc2[C@H](N)CC)CC1. The summed E-state index contributed by atoms with van der Waals surface area (Å²) in [6.07, 6.45) is 4.98. The summed E-state index contributed by atoms with van der Waals surface area (Å²) in [5.74, 6) is 0.924. The lowest BCUT2D eigenvalue weighted by atomic mass is 9.93. The van der Waals surface area contributed by atoms with Crippen LogP contribution in [0.1, 0.15) is 51.1 Å². The van der Waals surface area contributed by atoms with Crippen molar-refractivity contribution in [2.45, 2.75) is 45.6 Å². The second-order valence-corrected chi connectivity index (χ2v) is 5.41. The number of para-hydroxylation sites is 1. The van der Waals surface area contributed by atoms with Gasteiger partial charge in [-0.05, 0) is 36.8 Å². The standard InChI is InChI=1S/C16H26N2/c1-3-13-9-11-18(12-10-13)16-8-6-5-7-14(16)15(17)4-2/h5-8,13,15H,3-4,9-12,17H2,1-2H3/t15-/m1/s1. The minimum Gasteiger partial charge on any atom is -0.371 e. The molecule has 1 aliphatic rings. The summed E-state index contributed by atoms with van der Waals surface area (Å²) in [7, 11) is 0. The van der Waals surface area contributed by atoms with E-state index >= 15 is 0 Å². The monoisotopic (exact) mass is 246 g/mol. The molecule has 1 atom stereocenters. The van der Waals surface area contributed by atoms with Gasteiger partial charge >= 0.3 is 0 Å². The van der Waals surface area contributed by atoms with Crippen molar-refractivity contribution in [1.29, 1.82) is 0 Å². The molecule has 0 aromatic heterocycles. The lowest BCUT2D eigenvalue weighted by Gasteiger charge is -2.35. The highest BCUT2D eigenvalue weighted by Crippen LogP contribution is 2.30. The van der Waals surface area contributed by atoms with E-state index in [1.165, 1.54) is 43.6 Å². The van der Waals surface area contributed by atoms with E-state index in [4.69, 9.17) is 5.73 Å². The van der Waals surface area contributed by atoms with Crippen LogP contribution in [0.15, 0.2) is 24.3 Å². The van der Waals surface area contributed by atoms with Crippen LogP contribution in [-0.2, 0) is 0 Å². The Labute approximate surface area is 111 Å². The highest BCUT2D eigenvalue weighted by molar-refractivity contribution is 5.55. The Balaban J connectivity index is 2.13. The first-order valence-corrected chi connectivity index (χ1v) is 7.35. The smallest absolute Gasteiger partial charge is 0.0414 e. The Kier molecular flexibility index (Phi) is 4.65. The van der Waals surface area contributed by atoms with Crippen LogP contribution in [-0.4, -0.2) is 13.1 Å². The van der Waals surface area contributed by atoms with E-state index in [-0.39, 0.29) is 6.04 Å². The molecule has 0 unspecified atom stereocenters. The number of rotatable bonds is 4. The Bertz CT molecular complexity index is 367. The summed E-state index contributed by atoms with van der Waals surface area (Å²) in [5.41, 5.74) is 8.91. The van der Waals surface area contributed by atoms with Crippen LogP contribution in [0.25, 0.3) is 0 Å². The summed E-state index contributed by atoms with van der Waals surface area (Å²) < 4.78 is 0. The van der Waals surface area contributed by atoms with Crippen molar-refractivity contribution in [1.82, 2.24) is 0 Å². The van der Waals surface area contributed by atoms with Crippen LogP contribution in [0, 0.1) is 5.92 Å². The number of hydrogen-bond acceptors (Lipinski definition) is 2. The van der Waals surface area contributed by atoms with Crippen molar-refractivity contribution < 1.29 is 0 Å². The number of nitrogens with zero attached hydrogens (tertiary/aromatic N) is 1. The molecule has 2 rings (SSSR count). The van der Waals surface area contributed by atoms with Crippen LogP contribution in [0.3, 0.4) is 0 Å². The maximum atomic E-state index is 6.23. The van der Waals surface area contributed by atoms with Gasteiger partial charge in [0.25, 0.3) is 0 Å². The lowest BCUT2D eigenvalue weighted by Crippen LogP contribution is -2.34. The molecule has 2 N–H and O–H groups in total. The van der Waals surface area contributed by atoms with E-state index in [1.54, 1.807) is 0 Å². The van der Waals surface area contributed by atoms with E-state index in [0.717, 1.165) is 12.3 Å². The van der Waals surface area contributed by atoms with Crippen molar-refractivity contribution in [3.8, 4) is 0 Å². The predicted molar refractivity (Wildman–Crippen MR) is 78.9 cm³/mol. The molecule has 1 saturated heterocycles. The van der Waals surface area contributed by atoms with Gasteiger partial charge in [-0.25, -0.2) is 0 Å². The fraction of sp³-hybridized carbons (Fsp3) is 0.625. The summed E-state index contributed by atoms with van der Waals surface area (Å²) in [6, 6.07) is 8.83. The van der Waals surface area contributed by atoms with Crippen molar-refractivity contribution in [2.75, 3.05) is 18.0 Å². The van der Waals surface area contributed by atoms with Crippen molar-refractivity contribution in [2.24, 2.45) is 11.7 Å². The normalized spacial score (nSPS) is 18.9. The van der Waals surface area contributed by atoms with Gasteiger partial charge in [0.1, 0.15) is 0 Å². The summed E-state index contributed by atoms with van der Waals surface area (Å²) in [6.45, 7) is 6.84. The van der Waals surface area contributed by atoms with Gasteiger partial charge < -0.3 is 10.6 Å². The van der Waals surface area contributed by atoms with Crippen LogP contribution < -0.4 is 10.6 Å². The van der Waals surface area contributed by atoms with Gasteiger partial charge in [-0.1, -0.05) is 38.5 Å². The Morgan fingerprint density at radius 3 is 2.50 bits per heavy atom. The largest absolute Gasteiger partial charge is 0.371 e. The number of benzene rings is 1. The summed E-state index contributed by atoms with van der Waals surface area (Å²) in [4.78, 5) is 2.52. The Morgan fingerprint density at radius 2 is 1.89 bits per heavy atom. The Hall–Kier alpha value is -1.02. The van der Waals surface area contributed by atoms with E-state index in [9.17, 15) is 0 Å². The molecule has 1 aromatic carbocycles. The van der Waals surface area contributed by atoms with Gasteiger partial charge in [0, 0.05) is 24.8 Å². The number of hydrogen-bond donors (Lipinski definition) is 1. The molecule has 0 saturated carbocycles. The molecule has 1 fully saturated rings. The molecule has 0 aliphatic carbocycles. The number of piperidine rings is 1. The van der Waals surface area contributed by atoms with Crippen LogP contribution in [0.2, 0.25) is 0 Å². The van der Waals surface area contributed by atoms with Crippen molar-refractivity contribution in [3.63, 3.8) is 0 Å². The average Bonchev–Trinajstić information content (AvgIpc) is 2.46. The molecule has 100 valence electrons. The van der Waals surface area contributed by atoms with Crippen molar-refractivity contribution in [3.05, 3.63) is 29.8 Å². The van der Waals surface area contributed by atoms with Crippen molar-refractivity contribution >= 4 is 5.69 Å². The summed E-state index contributed by atoms with van der Waals surface area (Å²) in [5, 5.41) is 0. The first-order chi connectivity index (χ1) is 8.76. The van der Waals surface area contributed by atoms with Gasteiger partial charge in [-0.15, -0.1) is 0 Å². The molecule has 2 nitrogen and oxygen atoms in total. The third-order valence-corrected chi connectivity index (χ3v) is 4.31. The molecular formula is C16H26N2. The first kappa shape index (κ1) is 13.4. The molecule has 0 amide bonds. The van der Waals surface area contributed by atoms with Gasteiger partial charge in [0.05, 0.1) is 0 Å². The minimum atomic E-state index is 0.171. The highest BCUT2D eigenvalue weighted by atomic mass is 15.1. The van der Waals surface area contributed by atoms with E-state index < -0.39 is 0 Å². The second-order valence-electron chi connectivity index (χ2n) is 5.41. The van der Waals surface area contributed by atoms with Gasteiger partial charge in [-0.2, -0.15) is 0 Å². The average molecular weight is 246 g/mol. The highest BCUT2D eigenvalue weighted by Gasteiger charge is 2.20. The molecule has 0 spiro atoms. The molecule has 0 radical (unpaired) electrons. The maximum Gasteiger partial charge on any atom is 0.0414 e. The lowest BCUT2D eigenvalue weighted by molar-refractivity contribution is 0.394. The number of nitrogens with two attached hydrogens (primary N) is 1. The number of anilines is 1. The van der Waals surface area contributed by atoms with Gasteiger partial charge in [-0.3, -0.25) is 0 Å². The molecule has 18 heavy (non-hydrogen) atoms. The third kappa shape index (κ3) is 2.86. The zero-order chi connectivity index (χ0) is 13.0. The predicted octanol–water partition coefficient (Wildman–Crippen LogP) is 3.72. The minimum absolute atomic E-state index is 0.171. The van der Waals surface area contributed by atoms with Gasteiger partial charge in [0.15, 0.2) is 0 Å². The van der Waals surface area contributed by atoms with E-state index in [1.807, 2.05) is 0 Å². The van der Waals surface area contributed by atoms with Crippen LogP contribution >= 0.6 is 0 Å². The fourth-order valence-corrected chi connectivity index (χ4v) is 2.89. The fourth-order valence-electron chi connectivity index (χ4n) is 2.89. The first-order valence-electron chi connectivity index (χ1n) is 7.35. The molecular weight excluding hydrogens is 220 g/mol. The Morgan fingerprint density at radius 1 is 1.22 bits per heavy atom. The zero-order valence-electron chi connectivity index (χ0n) is 11.7. The van der Waals surface area contributed by atoms with E-state index in [0.29, 0.717) is 0 Å². The molecule has 0 bridgehead atoms. The molecule has 1 heterocycles. The van der Waals surface area contributed by atoms with Crippen LogP contribution in [0.4, 0.5) is 5.69 Å². The maximum absolute atomic E-state index is 6.23. The van der Waals surface area contributed by atoms with Crippen LogP contribution in [0.5, 0.6) is 0 Å². The zero-order valence-corrected chi connectivity index (χ0v) is 11.7. The molecule has 1 aromatic rings.